The van der Waals surface area contributed by atoms with Crippen LogP contribution in [0, 0.1) is 0 Å². The topological polar surface area (TPSA) is 72.2 Å². The van der Waals surface area contributed by atoms with E-state index in [1.165, 1.54) is 17.4 Å². The number of hydrogen-bond acceptors (Lipinski definition) is 4. The fraction of sp³-hybridized carbons (Fsp3) is 0.0833. The summed E-state index contributed by atoms with van der Waals surface area (Å²) in [5.74, 6) is 0. The van der Waals surface area contributed by atoms with Gasteiger partial charge in [0.15, 0.2) is 0 Å². The van der Waals surface area contributed by atoms with Crippen molar-refractivity contribution in [3.8, 4) is 0 Å². The maximum atomic E-state index is 12.3. The zero-order valence-electron chi connectivity index (χ0n) is 10.2. The van der Waals surface area contributed by atoms with Gasteiger partial charge in [0, 0.05) is 17.0 Å². The molecule has 1 heterocycles. The maximum absolute atomic E-state index is 12.3. The Morgan fingerprint density at radius 2 is 2.00 bits per heavy atom. The zero-order valence-corrected chi connectivity index (χ0v) is 14.2. The maximum Gasteiger partial charge on any atom is 0.241 e. The lowest BCUT2D eigenvalue weighted by Gasteiger charge is -2.09. The Hall–Kier alpha value is -0.800. The van der Waals surface area contributed by atoms with Crippen molar-refractivity contribution in [2.45, 2.75) is 11.4 Å². The third kappa shape index (κ3) is 3.64. The lowest BCUT2D eigenvalue weighted by atomic mass is 10.2. The summed E-state index contributed by atoms with van der Waals surface area (Å²) < 4.78 is 28.1. The van der Waals surface area contributed by atoms with E-state index >= 15 is 0 Å². The smallest absolute Gasteiger partial charge is 0.241 e. The van der Waals surface area contributed by atoms with Crippen LogP contribution in [0.5, 0.6) is 0 Å². The second-order valence-electron chi connectivity index (χ2n) is 3.89. The Morgan fingerprint density at radius 1 is 1.30 bits per heavy atom. The highest BCUT2D eigenvalue weighted by molar-refractivity contribution is 9.11. The van der Waals surface area contributed by atoms with Crippen LogP contribution in [0.3, 0.4) is 0 Å². The summed E-state index contributed by atoms with van der Waals surface area (Å²) in [6.45, 7) is 0.226. The summed E-state index contributed by atoms with van der Waals surface area (Å²) in [4.78, 5) is 1.07. The van der Waals surface area contributed by atoms with E-state index in [1.807, 2.05) is 12.1 Å². The van der Waals surface area contributed by atoms with E-state index in [-0.39, 0.29) is 16.4 Å². The molecule has 2 rings (SSSR count). The van der Waals surface area contributed by atoms with Crippen LogP contribution in [0.2, 0.25) is 0 Å². The second-order valence-corrected chi connectivity index (χ2v) is 8.61. The number of nitrogens with two attached hydrogens (primary N) is 1. The van der Waals surface area contributed by atoms with Crippen molar-refractivity contribution in [3.63, 3.8) is 0 Å². The average molecular weight is 391 g/mol. The van der Waals surface area contributed by atoms with Gasteiger partial charge in [-0.05, 0) is 34.1 Å². The fourth-order valence-electron chi connectivity index (χ4n) is 1.60. The van der Waals surface area contributed by atoms with Crippen LogP contribution in [0.15, 0.2) is 45.1 Å². The number of hydrogen-bond donors (Lipinski definition) is 2. The molecule has 0 radical (unpaired) electrons. The van der Waals surface area contributed by atoms with Gasteiger partial charge in [-0.3, -0.25) is 0 Å². The molecule has 0 amide bonds. The molecule has 106 valence electrons. The van der Waals surface area contributed by atoms with Gasteiger partial charge in [-0.15, -0.1) is 11.3 Å². The predicted octanol–water partition coefficient (Wildman–Crippen LogP) is 2.62. The van der Waals surface area contributed by atoms with Gasteiger partial charge >= 0.3 is 0 Å². The number of thiophene rings is 1. The molecule has 0 spiro atoms. The van der Waals surface area contributed by atoms with Crippen LogP contribution in [-0.2, 0) is 16.6 Å². The van der Waals surface area contributed by atoms with E-state index in [4.69, 9.17) is 18.0 Å². The average Bonchev–Trinajstić information content (AvgIpc) is 2.82. The number of thiocarbonyl (C=S) groups is 1. The molecule has 1 aromatic carbocycles. The Balaban J connectivity index is 2.25. The van der Waals surface area contributed by atoms with E-state index in [0.29, 0.717) is 5.56 Å². The lowest BCUT2D eigenvalue weighted by Crippen LogP contribution is -2.26. The molecule has 0 saturated heterocycles. The predicted molar refractivity (Wildman–Crippen MR) is 88.4 cm³/mol. The summed E-state index contributed by atoms with van der Waals surface area (Å²) >= 11 is 9.69. The summed E-state index contributed by atoms with van der Waals surface area (Å²) in [6.07, 6.45) is 0. The first kappa shape index (κ1) is 15.6. The van der Waals surface area contributed by atoms with Crippen molar-refractivity contribution in [1.29, 1.82) is 0 Å². The second kappa shape index (κ2) is 6.31. The summed E-state index contributed by atoms with van der Waals surface area (Å²) in [7, 11) is -3.65. The lowest BCUT2D eigenvalue weighted by molar-refractivity contribution is 0.581. The highest BCUT2D eigenvalue weighted by atomic mass is 79.9. The Bertz CT molecular complexity index is 741. The van der Waals surface area contributed by atoms with Gasteiger partial charge in [-0.1, -0.05) is 30.4 Å². The molecule has 0 unspecified atom stereocenters. The van der Waals surface area contributed by atoms with Crippen molar-refractivity contribution < 1.29 is 8.42 Å². The first-order valence-corrected chi connectivity index (χ1v) is 9.03. The van der Waals surface area contributed by atoms with Crippen LogP contribution in [0.4, 0.5) is 0 Å². The minimum Gasteiger partial charge on any atom is -0.389 e. The van der Waals surface area contributed by atoms with Gasteiger partial charge in [0.05, 0.1) is 8.68 Å². The van der Waals surface area contributed by atoms with E-state index in [1.54, 1.807) is 18.2 Å². The third-order valence-electron chi connectivity index (χ3n) is 2.51. The van der Waals surface area contributed by atoms with Crippen LogP contribution in [0.1, 0.15) is 10.4 Å². The van der Waals surface area contributed by atoms with Crippen LogP contribution in [-0.4, -0.2) is 13.4 Å². The van der Waals surface area contributed by atoms with Crippen molar-refractivity contribution in [1.82, 2.24) is 4.72 Å². The Labute approximate surface area is 135 Å². The van der Waals surface area contributed by atoms with E-state index in [0.717, 1.165) is 8.66 Å². The molecule has 0 aliphatic heterocycles. The molecule has 0 fully saturated rings. The van der Waals surface area contributed by atoms with Crippen molar-refractivity contribution in [3.05, 3.63) is 50.6 Å². The van der Waals surface area contributed by atoms with Crippen LogP contribution < -0.4 is 10.5 Å². The molecule has 1 aromatic heterocycles. The highest BCUT2D eigenvalue weighted by Crippen LogP contribution is 2.22. The largest absolute Gasteiger partial charge is 0.389 e. The number of rotatable bonds is 5. The Morgan fingerprint density at radius 3 is 2.60 bits per heavy atom. The summed E-state index contributed by atoms with van der Waals surface area (Å²) in [6, 6.07) is 10.1. The third-order valence-corrected chi connectivity index (χ3v) is 5.81. The van der Waals surface area contributed by atoms with E-state index < -0.39 is 10.0 Å². The molecule has 0 saturated carbocycles. The minimum absolute atomic E-state index is 0.0600. The molecule has 20 heavy (non-hydrogen) atoms. The normalized spacial score (nSPS) is 11.4. The highest BCUT2D eigenvalue weighted by Gasteiger charge is 2.19. The quantitative estimate of drug-likeness (QED) is 0.769. The van der Waals surface area contributed by atoms with Crippen molar-refractivity contribution >= 4 is 54.5 Å². The molecule has 2 aromatic rings. The zero-order chi connectivity index (χ0) is 14.8. The monoisotopic (exact) mass is 390 g/mol. The van der Waals surface area contributed by atoms with Crippen molar-refractivity contribution in [2.75, 3.05) is 0 Å². The SMILES string of the molecule is NC(=S)c1ccccc1S(=O)(=O)NCc1ccc(Br)s1. The first-order chi connectivity index (χ1) is 9.40. The van der Waals surface area contributed by atoms with Gasteiger partial charge in [0.1, 0.15) is 4.99 Å². The molecule has 0 aliphatic rings. The first-order valence-electron chi connectivity index (χ1n) is 5.53. The molecule has 8 heteroatoms. The van der Waals surface area contributed by atoms with Gasteiger partial charge in [-0.2, -0.15) is 0 Å². The van der Waals surface area contributed by atoms with Crippen molar-refractivity contribution in [2.24, 2.45) is 5.73 Å². The number of nitrogens with one attached hydrogen (secondary N) is 1. The number of halogens is 1. The Kier molecular flexibility index (Phi) is 4.92. The van der Waals surface area contributed by atoms with Gasteiger partial charge in [0.2, 0.25) is 10.0 Å². The van der Waals surface area contributed by atoms with Crippen LogP contribution >= 0.6 is 39.5 Å². The van der Waals surface area contributed by atoms with Gasteiger partial charge in [0.25, 0.3) is 0 Å². The summed E-state index contributed by atoms with van der Waals surface area (Å²) in [5, 5.41) is 0. The molecule has 0 aliphatic carbocycles. The minimum atomic E-state index is -3.65. The van der Waals surface area contributed by atoms with Gasteiger partial charge < -0.3 is 5.73 Å². The molecule has 0 bridgehead atoms. The van der Waals surface area contributed by atoms with E-state index in [9.17, 15) is 8.42 Å². The number of benzene rings is 1. The molecule has 0 atom stereocenters. The van der Waals surface area contributed by atoms with Crippen LogP contribution in [0.25, 0.3) is 0 Å². The molecule has 4 nitrogen and oxygen atoms in total. The molecular weight excluding hydrogens is 380 g/mol. The summed E-state index contributed by atoms with van der Waals surface area (Å²) in [5.41, 5.74) is 5.91. The molecular formula is C12H11BrN2O2S3. The molecule has 3 N–H and O–H groups in total. The fourth-order valence-corrected chi connectivity index (χ4v) is 4.58. The number of sulfonamides is 1. The van der Waals surface area contributed by atoms with Gasteiger partial charge in [-0.25, -0.2) is 13.1 Å². The standard InChI is InChI=1S/C12H11BrN2O2S3/c13-11-6-5-8(19-11)7-15-20(16,17)10-4-2-1-3-9(10)12(14)18/h1-6,15H,7H2,(H2,14,18). The van der Waals surface area contributed by atoms with E-state index in [2.05, 4.69) is 20.7 Å².